The van der Waals surface area contributed by atoms with Crippen LogP contribution in [0.4, 0.5) is 0 Å². The molecular formula is C23H42O2Si. The predicted octanol–water partition coefficient (Wildman–Crippen LogP) is 7.06. The first-order valence-electron chi connectivity index (χ1n) is 10.8. The van der Waals surface area contributed by atoms with E-state index in [1.807, 2.05) is 6.07 Å². The van der Waals surface area contributed by atoms with E-state index in [4.69, 9.17) is 9.16 Å². The van der Waals surface area contributed by atoms with Crippen LogP contribution < -0.4 is 0 Å². The fourth-order valence-electron chi connectivity index (χ4n) is 3.53. The van der Waals surface area contributed by atoms with Gasteiger partial charge in [-0.15, -0.1) is 0 Å². The Labute approximate surface area is 163 Å². The van der Waals surface area contributed by atoms with E-state index in [2.05, 4.69) is 65.8 Å². The minimum absolute atomic E-state index is 0.420. The zero-order valence-electron chi connectivity index (χ0n) is 18.1. The fourth-order valence-corrected chi connectivity index (χ4v) is 6.52. The molecule has 0 aromatic heterocycles. The van der Waals surface area contributed by atoms with E-state index in [1.54, 1.807) is 0 Å². The lowest BCUT2D eigenvalue weighted by atomic mass is 9.94. The maximum Gasteiger partial charge on any atom is 0.192 e. The van der Waals surface area contributed by atoms with Crippen molar-refractivity contribution in [1.82, 2.24) is 0 Å². The van der Waals surface area contributed by atoms with E-state index in [0.717, 1.165) is 6.61 Å². The van der Waals surface area contributed by atoms with Gasteiger partial charge in [0.25, 0.3) is 0 Å². The summed E-state index contributed by atoms with van der Waals surface area (Å²) in [5.74, 6) is 1.22. The van der Waals surface area contributed by atoms with Crippen molar-refractivity contribution in [3.8, 4) is 0 Å². The van der Waals surface area contributed by atoms with Crippen molar-refractivity contribution >= 4 is 8.32 Å². The van der Waals surface area contributed by atoms with Crippen molar-refractivity contribution in [3.63, 3.8) is 0 Å². The van der Waals surface area contributed by atoms with Gasteiger partial charge in [-0.25, -0.2) is 0 Å². The molecule has 0 heterocycles. The molecule has 0 bridgehead atoms. The third-order valence-electron chi connectivity index (χ3n) is 6.07. The van der Waals surface area contributed by atoms with Crippen LogP contribution in [-0.4, -0.2) is 21.0 Å². The molecule has 0 aliphatic carbocycles. The minimum Gasteiger partial charge on any atom is -0.414 e. The zero-order valence-corrected chi connectivity index (χ0v) is 19.1. The van der Waals surface area contributed by atoms with E-state index in [0.29, 0.717) is 24.5 Å². The molecular weight excluding hydrogens is 336 g/mol. The van der Waals surface area contributed by atoms with Gasteiger partial charge in [0.05, 0.1) is 6.61 Å². The number of hydrogen-bond donors (Lipinski definition) is 0. The molecule has 0 aliphatic rings. The average Bonchev–Trinajstić information content (AvgIpc) is 2.69. The molecule has 3 atom stereocenters. The molecule has 0 fully saturated rings. The first kappa shape index (κ1) is 23.4. The topological polar surface area (TPSA) is 18.5 Å². The maximum atomic E-state index is 6.86. The molecule has 0 unspecified atom stereocenters. The van der Waals surface area contributed by atoms with Gasteiger partial charge in [0.2, 0.25) is 0 Å². The molecule has 0 amide bonds. The number of hydrogen-bond acceptors (Lipinski definition) is 2. The standard InChI is InChI=1S/C23H42O2Si/c1-7-21(6)23(25-26(8-2,9-3)10-4)17-16-20(5)18-24-19-22-14-12-11-13-15-22/h11-15,20-21,23H,7-10,16-19H2,1-6H3/t20-,21+,23-/m0/s1. The number of benzene rings is 1. The summed E-state index contributed by atoms with van der Waals surface area (Å²) in [6, 6.07) is 14.2. The van der Waals surface area contributed by atoms with Crippen LogP contribution in [0.1, 0.15) is 66.4 Å². The van der Waals surface area contributed by atoms with Gasteiger partial charge >= 0.3 is 0 Å². The van der Waals surface area contributed by atoms with E-state index >= 15 is 0 Å². The Morgan fingerprint density at radius 2 is 1.50 bits per heavy atom. The second kappa shape index (κ2) is 12.7. The lowest BCUT2D eigenvalue weighted by molar-refractivity contribution is 0.0729. The molecule has 0 N–H and O–H groups in total. The highest BCUT2D eigenvalue weighted by Crippen LogP contribution is 2.29. The second-order valence-electron chi connectivity index (χ2n) is 7.97. The van der Waals surface area contributed by atoms with Crippen LogP contribution in [-0.2, 0) is 15.8 Å². The van der Waals surface area contributed by atoms with Gasteiger partial charge in [-0.05, 0) is 48.4 Å². The van der Waals surface area contributed by atoms with Gasteiger partial charge in [-0.2, -0.15) is 0 Å². The summed E-state index contributed by atoms with van der Waals surface area (Å²) in [5, 5.41) is 0. The summed E-state index contributed by atoms with van der Waals surface area (Å²) in [6.07, 6.45) is 3.97. The maximum absolute atomic E-state index is 6.86. The normalized spacial score (nSPS) is 15.6. The summed E-state index contributed by atoms with van der Waals surface area (Å²) >= 11 is 0. The quantitative estimate of drug-likeness (QED) is 0.323. The zero-order chi connectivity index (χ0) is 19.4. The minimum atomic E-state index is -1.53. The van der Waals surface area contributed by atoms with Crippen LogP contribution in [0.15, 0.2) is 30.3 Å². The summed E-state index contributed by atoms with van der Waals surface area (Å²) in [4.78, 5) is 0. The van der Waals surface area contributed by atoms with Crippen molar-refractivity contribution < 1.29 is 9.16 Å². The number of ether oxygens (including phenoxy) is 1. The van der Waals surface area contributed by atoms with Crippen LogP contribution in [0.25, 0.3) is 0 Å². The Morgan fingerprint density at radius 3 is 2.04 bits per heavy atom. The Kier molecular flexibility index (Phi) is 11.4. The van der Waals surface area contributed by atoms with E-state index in [-0.39, 0.29) is 0 Å². The van der Waals surface area contributed by atoms with Crippen molar-refractivity contribution in [2.45, 2.75) is 91.6 Å². The van der Waals surface area contributed by atoms with E-state index < -0.39 is 8.32 Å². The molecule has 0 spiro atoms. The average molecular weight is 379 g/mol. The monoisotopic (exact) mass is 378 g/mol. The molecule has 1 aromatic carbocycles. The lowest BCUT2D eigenvalue weighted by Gasteiger charge is -2.36. The van der Waals surface area contributed by atoms with Gasteiger partial charge in [0.1, 0.15) is 0 Å². The molecule has 150 valence electrons. The van der Waals surface area contributed by atoms with Gasteiger partial charge in [0, 0.05) is 12.7 Å². The van der Waals surface area contributed by atoms with E-state index in [1.165, 1.54) is 43.0 Å². The van der Waals surface area contributed by atoms with Crippen LogP contribution in [0, 0.1) is 11.8 Å². The second-order valence-corrected chi connectivity index (χ2v) is 12.7. The Balaban J connectivity index is 2.47. The molecule has 1 aromatic rings. The molecule has 0 radical (unpaired) electrons. The summed E-state index contributed by atoms with van der Waals surface area (Å²) in [5.41, 5.74) is 1.25. The predicted molar refractivity (Wildman–Crippen MR) is 116 cm³/mol. The highest BCUT2D eigenvalue weighted by Gasteiger charge is 2.33. The Hall–Kier alpha value is -0.643. The third kappa shape index (κ3) is 7.94. The van der Waals surface area contributed by atoms with Crippen LogP contribution in [0.2, 0.25) is 18.1 Å². The smallest absolute Gasteiger partial charge is 0.192 e. The number of rotatable bonds is 14. The van der Waals surface area contributed by atoms with Crippen molar-refractivity contribution in [1.29, 1.82) is 0 Å². The third-order valence-corrected chi connectivity index (χ3v) is 10.7. The van der Waals surface area contributed by atoms with Crippen molar-refractivity contribution in [2.75, 3.05) is 6.61 Å². The molecule has 3 heteroatoms. The van der Waals surface area contributed by atoms with Gasteiger partial charge < -0.3 is 9.16 Å². The van der Waals surface area contributed by atoms with Crippen LogP contribution in [0.3, 0.4) is 0 Å². The molecule has 0 saturated carbocycles. The van der Waals surface area contributed by atoms with Crippen LogP contribution in [0.5, 0.6) is 0 Å². The molecule has 2 nitrogen and oxygen atoms in total. The Morgan fingerprint density at radius 1 is 0.885 bits per heavy atom. The first-order valence-corrected chi connectivity index (χ1v) is 13.3. The van der Waals surface area contributed by atoms with Crippen molar-refractivity contribution in [2.24, 2.45) is 11.8 Å². The SMILES string of the molecule is CC[C@@H](C)[C@H](CC[C@H](C)COCc1ccccc1)O[Si](CC)(CC)CC. The Bertz CT molecular complexity index is 450. The molecule has 1 rings (SSSR count). The summed E-state index contributed by atoms with van der Waals surface area (Å²) in [6.45, 7) is 15.5. The highest BCUT2D eigenvalue weighted by atomic mass is 28.4. The van der Waals surface area contributed by atoms with Gasteiger partial charge in [-0.1, -0.05) is 78.3 Å². The summed E-state index contributed by atoms with van der Waals surface area (Å²) in [7, 11) is -1.53. The molecule has 0 saturated heterocycles. The van der Waals surface area contributed by atoms with Crippen LogP contribution >= 0.6 is 0 Å². The highest BCUT2D eigenvalue weighted by molar-refractivity contribution is 6.73. The fraction of sp³-hybridized carbons (Fsp3) is 0.739. The summed E-state index contributed by atoms with van der Waals surface area (Å²) < 4.78 is 12.8. The largest absolute Gasteiger partial charge is 0.414 e. The molecule has 26 heavy (non-hydrogen) atoms. The van der Waals surface area contributed by atoms with Gasteiger partial charge in [-0.3, -0.25) is 0 Å². The van der Waals surface area contributed by atoms with Crippen molar-refractivity contribution in [3.05, 3.63) is 35.9 Å². The lowest BCUT2D eigenvalue weighted by Crippen LogP contribution is -2.42. The first-order chi connectivity index (χ1) is 12.5. The molecule has 0 aliphatic heterocycles. The van der Waals surface area contributed by atoms with E-state index in [9.17, 15) is 0 Å². The van der Waals surface area contributed by atoms with Gasteiger partial charge in [0.15, 0.2) is 8.32 Å².